The zero-order valence-corrected chi connectivity index (χ0v) is 19.5. The molecule has 8 heteroatoms. The molecule has 31 heavy (non-hydrogen) atoms. The minimum absolute atomic E-state index is 0.0375. The monoisotopic (exact) mass is 464 g/mol. The van der Waals surface area contributed by atoms with Gasteiger partial charge in [0.15, 0.2) is 0 Å². The third-order valence-electron chi connectivity index (χ3n) is 5.56. The van der Waals surface area contributed by atoms with Crippen LogP contribution < -0.4 is 10.1 Å². The van der Waals surface area contributed by atoms with Crippen molar-refractivity contribution in [2.24, 2.45) is 5.92 Å². The second-order valence-electron chi connectivity index (χ2n) is 7.75. The summed E-state index contributed by atoms with van der Waals surface area (Å²) in [4.78, 5) is 12.7. The van der Waals surface area contributed by atoms with Gasteiger partial charge in [0.2, 0.25) is 15.9 Å². The van der Waals surface area contributed by atoms with Crippen molar-refractivity contribution in [3.8, 4) is 5.75 Å². The average Bonchev–Trinajstić information content (AvgIpc) is 2.76. The molecule has 168 valence electrons. The summed E-state index contributed by atoms with van der Waals surface area (Å²) in [6.07, 6.45) is 1.01. The van der Waals surface area contributed by atoms with Crippen LogP contribution in [-0.4, -0.2) is 38.3 Å². The first-order chi connectivity index (χ1) is 14.8. The molecule has 1 fully saturated rings. The lowest BCUT2D eigenvalue weighted by Crippen LogP contribution is -2.43. The van der Waals surface area contributed by atoms with Gasteiger partial charge < -0.3 is 10.1 Å². The third kappa shape index (κ3) is 6.21. The highest BCUT2D eigenvalue weighted by molar-refractivity contribution is 7.88. The van der Waals surface area contributed by atoms with E-state index < -0.39 is 10.0 Å². The molecule has 0 aromatic heterocycles. The van der Waals surface area contributed by atoms with Crippen molar-refractivity contribution in [1.82, 2.24) is 9.62 Å². The highest BCUT2D eigenvalue weighted by Crippen LogP contribution is 2.25. The Morgan fingerprint density at radius 2 is 1.81 bits per heavy atom. The number of benzene rings is 2. The second kappa shape index (κ2) is 10.5. The molecule has 1 N–H and O–H groups in total. The van der Waals surface area contributed by atoms with Crippen LogP contribution in [0.25, 0.3) is 0 Å². The van der Waals surface area contributed by atoms with Crippen LogP contribution in [-0.2, 0) is 20.6 Å². The Balaban J connectivity index is 1.52. The number of amides is 1. The highest BCUT2D eigenvalue weighted by Gasteiger charge is 2.32. The molecule has 1 amide bonds. The molecule has 1 aliphatic rings. The molecule has 2 aromatic rings. The van der Waals surface area contributed by atoms with Gasteiger partial charge >= 0.3 is 0 Å². The molecular formula is C23H29ClN2O4S. The fraction of sp³-hybridized carbons (Fsp3) is 0.435. The number of piperidine rings is 1. The molecule has 1 aliphatic heterocycles. The number of carbonyl (C=O) groups excluding carboxylic acids is 1. The average molecular weight is 465 g/mol. The summed E-state index contributed by atoms with van der Waals surface area (Å²) in [5, 5.41) is 3.50. The van der Waals surface area contributed by atoms with Crippen LogP contribution in [0.2, 0.25) is 5.02 Å². The Kier molecular flexibility index (Phi) is 7.97. The Bertz CT molecular complexity index is 987. The van der Waals surface area contributed by atoms with E-state index in [0.717, 1.165) is 11.3 Å². The fourth-order valence-corrected chi connectivity index (χ4v) is 5.61. The molecule has 6 nitrogen and oxygen atoms in total. The molecule has 3 rings (SSSR count). The van der Waals surface area contributed by atoms with Crippen LogP contribution in [0, 0.1) is 5.92 Å². The predicted octanol–water partition coefficient (Wildman–Crippen LogP) is 4.16. The molecule has 1 heterocycles. The second-order valence-corrected chi connectivity index (χ2v) is 10.1. The summed E-state index contributed by atoms with van der Waals surface area (Å²) >= 11 is 6.11. The lowest BCUT2D eigenvalue weighted by molar-refractivity contribution is -0.126. The van der Waals surface area contributed by atoms with Gasteiger partial charge in [0.25, 0.3) is 0 Å². The van der Waals surface area contributed by atoms with Gasteiger partial charge in [0.1, 0.15) is 5.75 Å². The maximum Gasteiger partial charge on any atom is 0.223 e. The summed E-state index contributed by atoms with van der Waals surface area (Å²) in [7, 11) is -3.48. The molecule has 1 atom stereocenters. The van der Waals surface area contributed by atoms with Gasteiger partial charge in [-0.15, -0.1) is 0 Å². The Hall–Kier alpha value is -2.09. The van der Waals surface area contributed by atoms with E-state index in [2.05, 4.69) is 5.32 Å². The molecule has 0 spiro atoms. The highest BCUT2D eigenvalue weighted by atomic mass is 35.5. The summed E-state index contributed by atoms with van der Waals surface area (Å²) in [6, 6.07) is 14.5. The van der Waals surface area contributed by atoms with E-state index in [1.807, 2.05) is 38.1 Å². The Morgan fingerprint density at radius 3 is 2.42 bits per heavy atom. The van der Waals surface area contributed by atoms with E-state index in [1.54, 1.807) is 24.3 Å². The molecule has 1 unspecified atom stereocenters. The van der Waals surface area contributed by atoms with Crippen LogP contribution in [0.15, 0.2) is 48.5 Å². The fourth-order valence-electron chi connectivity index (χ4n) is 3.73. The number of nitrogens with one attached hydrogen (secondary N) is 1. The maximum atomic E-state index is 12.8. The van der Waals surface area contributed by atoms with Gasteiger partial charge in [-0.3, -0.25) is 4.79 Å². The number of nitrogens with zero attached hydrogens (tertiary/aromatic N) is 1. The molecule has 0 radical (unpaired) electrons. The van der Waals surface area contributed by atoms with Crippen LogP contribution >= 0.6 is 11.6 Å². The smallest absolute Gasteiger partial charge is 0.223 e. The molecule has 0 aliphatic carbocycles. The zero-order valence-electron chi connectivity index (χ0n) is 17.9. The molecule has 2 aromatic carbocycles. The van der Waals surface area contributed by atoms with Gasteiger partial charge in [-0.05, 0) is 56.0 Å². The van der Waals surface area contributed by atoms with Gasteiger partial charge in [-0.25, -0.2) is 12.7 Å². The first kappa shape index (κ1) is 23.6. The van der Waals surface area contributed by atoms with Gasteiger partial charge in [0, 0.05) is 24.0 Å². The largest absolute Gasteiger partial charge is 0.494 e. The molecule has 0 bridgehead atoms. The first-order valence-corrected chi connectivity index (χ1v) is 12.5. The summed E-state index contributed by atoms with van der Waals surface area (Å²) < 4.78 is 32.5. The number of hydrogen-bond donors (Lipinski definition) is 1. The third-order valence-corrected chi connectivity index (χ3v) is 7.76. The van der Waals surface area contributed by atoms with E-state index in [1.165, 1.54) is 4.31 Å². The predicted molar refractivity (Wildman–Crippen MR) is 123 cm³/mol. The minimum Gasteiger partial charge on any atom is -0.494 e. The van der Waals surface area contributed by atoms with Gasteiger partial charge in [0.05, 0.1) is 18.4 Å². The Morgan fingerprint density at radius 1 is 1.16 bits per heavy atom. The van der Waals surface area contributed by atoms with Gasteiger partial charge in [-0.1, -0.05) is 41.9 Å². The van der Waals surface area contributed by atoms with Gasteiger partial charge in [-0.2, -0.15) is 0 Å². The van der Waals surface area contributed by atoms with E-state index in [4.69, 9.17) is 16.3 Å². The number of sulfonamides is 1. The standard InChI is InChI=1S/C23H29ClN2O4S/c1-3-30-21-10-8-18(9-11-21)17(2)25-23(27)19-12-14-26(15-13-19)31(28,29)16-20-6-4-5-7-22(20)24/h4-11,17,19H,3,12-16H2,1-2H3,(H,25,27). The van der Waals surface area contributed by atoms with E-state index >= 15 is 0 Å². The quantitative estimate of drug-likeness (QED) is 0.636. The topological polar surface area (TPSA) is 75.7 Å². The van der Waals surface area contributed by atoms with E-state index in [-0.39, 0.29) is 23.6 Å². The van der Waals surface area contributed by atoms with Crippen molar-refractivity contribution in [1.29, 1.82) is 0 Å². The normalized spacial score (nSPS) is 16.6. The van der Waals surface area contributed by atoms with Crippen molar-refractivity contribution in [3.63, 3.8) is 0 Å². The number of carbonyl (C=O) groups is 1. The van der Waals surface area contributed by atoms with Crippen LogP contribution in [0.3, 0.4) is 0 Å². The number of ether oxygens (including phenoxy) is 1. The number of halogens is 1. The van der Waals surface area contributed by atoms with Crippen molar-refractivity contribution in [2.45, 2.75) is 38.5 Å². The van der Waals surface area contributed by atoms with Crippen molar-refractivity contribution >= 4 is 27.5 Å². The van der Waals surface area contributed by atoms with Crippen LogP contribution in [0.4, 0.5) is 0 Å². The summed E-state index contributed by atoms with van der Waals surface area (Å²) in [5.41, 5.74) is 1.59. The molecule has 0 saturated carbocycles. The lowest BCUT2D eigenvalue weighted by Gasteiger charge is -2.31. The molecular weight excluding hydrogens is 436 g/mol. The van der Waals surface area contributed by atoms with Crippen LogP contribution in [0.1, 0.15) is 43.9 Å². The van der Waals surface area contributed by atoms with Crippen LogP contribution in [0.5, 0.6) is 5.75 Å². The van der Waals surface area contributed by atoms with Crippen molar-refractivity contribution in [2.75, 3.05) is 19.7 Å². The Labute approximate surface area is 189 Å². The molecule has 1 saturated heterocycles. The zero-order chi connectivity index (χ0) is 22.4. The first-order valence-electron chi connectivity index (χ1n) is 10.5. The summed E-state index contributed by atoms with van der Waals surface area (Å²) in [5.74, 6) is 0.440. The number of rotatable bonds is 8. The van der Waals surface area contributed by atoms with E-state index in [9.17, 15) is 13.2 Å². The number of hydrogen-bond acceptors (Lipinski definition) is 4. The maximum absolute atomic E-state index is 12.8. The van der Waals surface area contributed by atoms with Crippen molar-refractivity contribution < 1.29 is 17.9 Å². The minimum atomic E-state index is -3.48. The summed E-state index contributed by atoms with van der Waals surface area (Å²) in [6.45, 7) is 5.16. The lowest BCUT2D eigenvalue weighted by atomic mass is 9.96. The van der Waals surface area contributed by atoms with Crippen molar-refractivity contribution in [3.05, 3.63) is 64.7 Å². The SMILES string of the molecule is CCOc1ccc(C(C)NC(=O)C2CCN(S(=O)(=O)Cc3ccccc3Cl)CC2)cc1. The van der Waals surface area contributed by atoms with E-state index in [0.29, 0.717) is 43.1 Å².